The van der Waals surface area contributed by atoms with Crippen molar-refractivity contribution in [2.75, 3.05) is 0 Å². The predicted octanol–water partition coefficient (Wildman–Crippen LogP) is 5.33. The molecule has 0 saturated carbocycles. The summed E-state index contributed by atoms with van der Waals surface area (Å²) < 4.78 is 21.0. The highest BCUT2D eigenvalue weighted by atomic mass is 35.5. The normalized spacial score (nSPS) is 14.5. The summed E-state index contributed by atoms with van der Waals surface area (Å²) in [5.74, 6) is 0.929. The molecule has 3 rings (SSSR count). The Hall–Kier alpha value is -1.52. The highest BCUT2D eigenvalue weighted by Gasteiger charge is 2.22. The Morgan fingerprint density at radius 1 is 1.33 bits per heavy atom. The molecule has 0 amide bonds. The molecule has 3 aromatic rings. The zero-order valence-electron chi connectivity index (χ0n) is 11.5. The molecule has 1 aromatic carbocycles. The maximum absolute atomic E-state index is 13.6. The van der Waals surface area contributed by atoms with E-state index in [0.29, 0.717) is 11.3 Å². The second-order valence-electron chi connectivity index (χ2n) is 4.90. The van der Waals surface area contributed by atoms with Crippen LogP contribution in [0.1, 0.15) is 36.9 Å². The topological polar surface area (TPSA) is 31.0 Å². The maximum Gasteiger partial charge on any atom is 0.144 e. The first-order chi connectivity index (χ1) is 9.99. The Kier molecular flexibility index (Phi) is 3.68. The van der Waals surface area contributed by atoms with Gasteiger partial charge in [-0.05, 0) is 32.0 Å². The second kappa shape index (κ2) is 5.35. The van der Waals surface area contributed by atoms with Crippen molar-refractivity contribution in [3.63, 3.8) is 0 Å². The van der Waals surface area contributed by atoms with Crippen molar-refractivity contribution in [3.05, 3.63) is 53.0 Å². The van der Waals surface area contributed by atoms with Gasteiger partial charge in [0.1, 0.15) is 17.4 Å². The van der Waals surface area contributed by atoms with Gasteiger partial charge in [-0.2, -0.15) is 0 Å². The Morgan fingerprint density at radius 3 is 2.71 bits per heavy atom. The minimum Gasteiger partial charge on any atom is -0.467 e. The van der Waals surface area contributed by atoms with E-state index < -0.39 is 5.82 Å². The van der Waals surface area contributed by atoms with Crippen LogP contribution in [0.25, 0.3) is 11.0 Å². The summed E-state index contributed by atoms with van der Waals surface area (Å²) in [6.07, 6.45) is 1.61. The van der Waals surface area contributed by atoms with E-state index in [2.05, 4.69) is 4.98 Å². The summed E-state index contributed by atoms with van der Waals surface area (Å²) in [5.41, 5.74) is 1.26. The number of fused-ring (bicyclic) bond motifs is 1. The van der Waals surface area contributed by atoms with Crippen LogP contribution in [0.15, 0.2) is 34.9 Å². The van der Waals surface area contributed by atoms with E-state index >= 15 is 0 Å². The monoisotopic (exact) mass is 326 g/mol. The molecule has 0 N–H and O–H groups in total. The quantitative estimate of drug-likeness (QED) is 0.609. The number of benzene rings is 1. The van der Waals surface area contributed by atoms with E-state index in [1.54, 1.807) is 12.3 Å². The molecule has 6 heteroatoms. The third-order valence-corrected chi connectivity index (χ3v) is 3.94. The van der Waals surface area contributed by atoms with Gasteiger partial charge in [-0.1, -0.05) is 11.6 Å². The molecule has 2 heterocycles. The van der Waals surface area contributed by atoms with Crippen molar-refractivity contribution < 1.29 is 8.81 Å². The van der Waals surface area contributed by atoms with E-state index in [9.17, 15) is 4.39 Å². The molecule has 0 saturated heterocycles. The predicted molar refractivity (Wildman–Crippen MR) is 81.5 cm³/mol. The molecule has 2 unspecified atom stereocenters. The van der Waals surface area contributed by atoms with Crippen LogP contribution in [0.5, 0.6) is 0 Å². The van der Waals surface area contributed by atoms with Crippen LogP contribution in [0.2, 0.25) is 5.02 Å². The first-order valence-corrected chi connectivity index (χ1v) is 7.35. The fourth-order valence-corrected chi connectivity index (χ4v) is 2.76. The van der Waals surface area contributed by atoms with Gasteiger partial charge >= 0.3 is 0 Å². The molecule has 3 nitrogen and oxygen atoms in total. The van der Waals surface area contributed by atoms with Crippen molar-refractivity contribution in [1.82, 2.24) is 9.55 Å². The fourth-order valence-electron chi connectivity index (χ4n) is 2.45. The number of rotatable bonds is 3. The summed E-state index contributed by atoms with van der Waals surface area (Å²) in [6.45, 7) is 3.80. The molecule has 2 aromatic heterocycles. The third kappa shape index (κ3) is 2.43. The lowest BCUT2D eigenvalue weighted by molar-refractivity contribution is 0.444. The average molecular weight is 327 g/mol. The number of imidazole rings is 1. The number of hydrogen-bond acceptors (Lipinski definition) is 2. The summed E-state index contributed by atoms with van der Waals surface area (Å²) in [6, 6.07) is 6.47. The van der Waals surface area contributed by atoms with Crippen LogP contribution in [-0.4, -0.2) is 9.55 Å². The molecule has 21 heavy (non-hydrogen) atoms. The smallest absolute Gasteiger partial charge is 0.144 e. The Bertz CT molecular complexity index is 781. The minimum absolute atomic E-state index is 0.0593. The largest absolute Gasteiger partial charge is 0.467 e. The molecule has 2 atom stereocenters. The number of aromatic nitrogens is 2. The maximum atomic E-state index is 13.6. The summed E-state index contributed by atoms with van der Waals surface area (Å²) in [4.78, 5) is 4.44. The van der Waals surface area contributed by atoms with Crippen LogP contribution in [-0.2, 0) is 0 Å². The minimum atomic E-state index is -0.492. The number of alkyl halides is 1. The molecule has 110 valence electrons. The van der Waals surface area contributed by atoms with Gasteiger partial charge in [-0.3, -0.25) is 0 Å². The van der Waals surface area contributed by atoms with E-state index in [1.807, 2.05) is 30.5 Å². The lowest BCUT2D eigenvalue weighted by atomic mass is 10.2. The molecule has 0 spiro atoms. The van der Waals surface area contributed by atoms with Gasteiger partial charge in [0.05, 0.1) is 33.7 Å². The first kappa shape index (κ1) is 14.4. The van der Waals surface area contributed by atoms with Crippen molar-refractivity contribution in [1.29, 1.82) is 0 Å². The van der Waals surface area contributed by atoms with Gasteiger partial charge in [0, 0.05) is 6.07 Å². The zero-order chi connectivity index (χ0) is 15.1. The lowest BCUT2D eigenvalue weighted by Crippen LogP contribution is -2.10. The Balaban J connectivity index is 2.27. The van der Waals surface area contributed by atoms with Crippen molar-refractivity contribution in [2.45, 2.75) is 25.3 Å². The molecule has 0 aliphatic rings. The van der Waals surface area contributed by atoms with Gasteiger partial charge < -0.3 is 8.98 Å². The van der Waals surface area contributed by atoms with Gasteiger partial charge in [0.15, 0.2) is 0 Å². The third-order valence-electron chi connectivity index (χ3n) is 3.46. The second-order valence-corrected chi connectivity index (χ2v) is 5.96. The lowest BCUT2D eigenvalue weighted by Gasteiger charge is -2.16. The highest BCUT2D eigenvalue weighted by molar-refractivity contribution is 6.31. The van der Waals surface area contributed by atoms with E-state index in [0.717, 1.165) is 11.3 Å². The molecule has 0 aliphatic heterocycles. The highest BCUT2D eigenvalue weighted by Crippen LogP contribution is 2.33. The SMILES string of the molecule is CC(Cl)c1nc2cc(F)c(Cl)cc2n1C(C)c1ccco1. The van der Waals surface area contributed by atoms with Crippen LogP contribution in [0.4, 0.5) is 4.39 Å². The van der Waals surface area contributed by atoms with Crippen LogP contribution < -0.4 is 0 Å². The van der Waals surface area contributed by atoms with E-state index in [1.165, 1.54) is 6.07 Å². The molecule has 0 aliphatic carbocycles. The van der Waals surface area contributed by atoms with Crippen LogP contribution in [0.3, 0.4) is 0 Å². The molecule has 0 radical (unpaired) electrons. The average Bonchev–Trinajstić information content (AvgIpc) is 3.06. The van der Waals surface area contributed by atoms with E-state index in [-0.39, 0.29) is 16.4 Å². The molecule has 0 fully saturated rings. The molecular weight excluding hydrogens is 314 g/mol. The van der Waals surface area contributed by atoms with E-state index in [4.69, 9.17) is 27.6 Å². The van der Waals surface area contributed by atoms with Crippen molar-refractivity contribution in [2.24, 2.45) is 0 Å². The Morgan fingerprint density at radius 2 is 2.10 bits per heavy atom. The van der Waals surface area contributed by atoms with Gasteiger partial charge in [-0.15, -0.1) is 11.6 Å². The first-order valence-electron chi connectivity index (χ1n) is 6.53. The number of hydrogen-bond donors (Lipinski definition) is 0. The number of furan rings is 1. The van der Waals surface area contributed by atoms with Gasteiger partial charge in [0.2, 0.25) is 0 Å². The summed E-state index contributed by atoms with van der Waals surface area (Å²) in [7, 11) is 0. The molecule has 0 bridgehead atoms. The fraction of sp³-hybridized carbons (Fsp3) is 0.267. The molecular formula is C15H13Cl2FN2O. The summed E-state index contributed by atoms with van der Waals surface area (Å²) >= 11 is 12.1. The van der Waals surface area contributed by atoms with Crippen LogP contribution in [0, 0.1) is 5.82 Å². The van der Waals surface area contributed by atoms with Gasteiger partial charge in [0.25, 0.3) is 0 Å². The summed E-state index contributed by atoms with van der Waals surface area (Å²) in [5, 5.41) is -0.263. The standard InChI is InChI=1S/C15H13Cl2FN2O/c1-8(16)15-19-12-7-11(18)10(17)6-13(12)20(15)9(2)14-4-3-5-21-14/h3-9H,1-2H3. The zero-order valence-corrected chi connectivity index (χ0v) is 13.0. The number of halogens is 3. The van der Waals surface area contributed by atoms with Crippen molar-refractivity contribution in [3.8, 4) is 0 Å². The van der Waals surface area contributed by atoms with Crippen LogP contribution >= 0.6 is 23.2 Å². The van der Waals surface area contributed by atoms with Gasteiger partial charge in [-0.25, -0.2) is 9.37 Å². The van der Waals surface area contributed by atoms with Crippen molar-refractivity contribution >= 4 is 34.2 Å². The number of nitrogens with zero attached hydrogens (tertiary/aromatic N) is 2. The Labute approximate surface area is 131 Å².